The highest BCUT2D eigenvalue weighted by atomic mass is 16.6. The van der Waals surface area contributed by atoms with E-state index in [1.165, 1.54) is 0 Å². The van der Waals surface area contributed by atoms with Crippen LogP contribution in [0.3, 0.4) is 0 Å². The molecule has 0 unspecified atom stereocenters. The maximum absolute atomic E-state index is 11.6. The number of hydrogen-bond donors (Lipinski definition) is 6. The largest absolute Gasteiger partial charge is 0.426 e. The Morgan fingerprint density at radius 3 is 2.00 bits per heavy atom. The minimum Gasteiger partial charge on any atom is -0.426 e. The van der Waals surface area contributed by atoms with E-state index in [0.29, 0.717) is 12.0 Å². The smallest absolute Gasteiger partial charge is 0.308 e. The number of anilines is 4. The fourth-order valence-electron chi connectivity index (χ4n) is 2.26. The lowest BCUT2D eigenvalue weighted by Crippen LogP contribution is -2.51. The van der Waals surface area contributed by atoms with Gasteiger partial charge in [0.05, 0.1) is 28.3 Å². The molecule has 0 fully saturated rings. The second-order valence-corrected chi connectivity index (χ2v) is 5.73. The molecular formula is C14H26N6O2. The van der Waals surface area contributed by atoms with Crippen molar-refractivity contribution in [2.45, 2.75) is 39.5 Å². The Hall–Kier alpha value is -2.19. The molecule has 0 heterocycles. The fraction of sp³-hybridized carbons (Fsp3) is 0.500. The summed E-state index contributed by atoms with van der Waals surface area (Å²) in [5, 5.41) is 0. The lowest BCUT2D eigenvalue weighted by molar-refractivity contribution is -0.159. The minimum atomic E-state index is -1.93. The van der Waals surface area contributed by atoms with Gasteiger partial charge in [-0.1, -0.05) is 20.8 Å². The Balaban J connectivity index is 3.59. The van der Waals surface area contributed by atoms with Gasteiger partial charge in [-0.3, -0.25) is 16.3 Å². The van der Waals surface area contributed by atoms with E-state index in [9.17, 15) is 4.79 Å². The van der Waals surface area contributed by atoms with Crippen molar-refractivity contribution in [2.24, 2.45) is 17.4 Å². The van der Waals surface area contributed by atoms with Gasteiger partial charge in [0.2, 0.25) is 5.85 Å². The number of esters is 1. The number of nitrogen functional groups attached to an aromatic ring is 4. The first-order chi connectivity index (χ1) is 10.0. The molecule has 8 heteroatoms. The van der Waals surface area contributed by atoms with Crippen LogP contribution in [0.5, 0.6) is 0 Å². The summed E-state index contributed by atoms with van der Waals surface area (Å²) in [6.45, 7) is 5.60. The number of rotatable bonds is 5. The van der Waals surface area contributed by atoms with Crippen LogP contribution in [0, 0.1) is 5.92 Å². The molecule has 0 atom stereocenters. The van der Waals surface area contributed by atoms with Crippen LogP contribution in [0.4, 0.5) is 22.7 Å². The molecule has 1 rings (SSSR count). The average molecular weight is 310 g/mol. The predicted octanol–water partition coefficient (Wildman–Crippen LogP) is 0.195. The van der Waals surface area contributed by atoms with Crippen molar-refractivity contribution in [3.05, 3.63) is 11.1 Å². The van der Waals surface area contributed by atoms with Crippen LogP contribution in [-0.2, 0) is 21.8 Å². The van der Waals surface area contributed by atoms with Gasteiger partial charge in [-0.2, -0.15) is 0 Å². The van der Waals surface area contributed by atoms with Crippen molar-refractivity contribution in [1.82, 2.24) is 0 Å². The Morgan fingerprint density at radius 2 is 1.55 bits per heavy atom. The quantitative estimate of drug-likeness (QED) is 0.253. The molecule has 8 nitrogen and oxygen atoms in total. The molecule has 124 valence electrons. The Kier molecular flexibility index (Phi) is 5.10. The molecule has 22 heavy (non-hydrogen) atoms. The number of nitrogens with two attached hydrogens (primary N) is 6. The van der Waals surface area contributed by atoms with Crippen LogP contribution >= 0.6 is 0 Å². The molecule has 0 amide bonds. The van der Waals surface area contributed by atoms with Crippen molar-refractivity contribution in [2.75, 3.05) is 22.9 Å². The number of hydrogen-bond acceptors (Lipinski definition) is 8. The van der Waals surface area contributed by atoms with Crippen molar-refractivity contribution in [3.8, 4) is 0 Å². The zero-order valence-electron chi connectivity index (χ0n) is 13.3. The molecule has 0 saturated carbocycles. The molecular weight excluding hydrogens is 284 g/mol. The zero-order chi connectivity index (χ0) is 17.2. The highest BCUT2D eigenvalue weighted by Gasteiger charge is 2.34. The van der Waals surface area contributed by atoms with Gasteiger partial charge in [0.15, 0.2) is 0 Å². The van der Waals surface area contributed by atoms with E-state index in [4.69, 9.17) is 39.1 Å². The summed E-state index contributed by atoms with van der Waals surface area (Å²) in [6, 6.07) is 0. The number of carbonyl (C=O) groups is 1. The van der Waals surface area contributed by atoms with E-state index in [2.05, 4.69) is 0 Å². The second-order valence-electron chi connectivity index (χ2n) is 5.73. The molecule has 0 aromatic heterocycles. The van der Waals surface area contributed by atoms with Crippen molar-refractivity contribution < 1.29 is 9.53 Å². The summed E-state index contributed by atoms with van der Waals surface area (Å²) >= 11 is 0. The van der Waals surface area contributed by atoms with Gasteiger partial charge >= 0.3 is 5.97 Å². The van der Waals surface area contributed by atoms with E-state index < -0.39 is 11.8 Å². The van der Waals surface area contributed by atoms with Gasteiger partial charge in [0, 0.05) is 6.42 Å². The van der Waals surface area contributed by atoms with Crippen LogP contribution in [0.1, 0.15) is 38.3 Å². The molecule has 0 bridgehead atoms. The van der Waals surface area contributed by atoms with Gasteiger partial charge in [-0.25, -0.2) is 0 Å². The molecule has 0 aliphatic carbocycles. The van der Waals surface area contributed by atoms with E-state index in [1.54, 1.807) is 6.92 Å². The SMILES string of the molecule is CCC(=O)OC(N)(N)c1c(N)c(N)c(N)c(N)c1CC(C)C. The lowest BCUT2D eigenvalue weighted by atomic mass is 9.90. The third-order valence-electron chi connectivity index (χ3n) is 3.34. The minimum absolute atomic E-state index is 0.0767. The fourth-order valence-corrected chi connectivity index (χ4v) is 2.26. The summed E-state index contributed by atoms with van der Waals surface area (Å²) in [5.41, 5.74) is 37.1. The first-order valence-electron chi connectivity index (χ1n) is 7.07. The van der Waals surface area contributed by atoms with Crippen LogP contribution in [0.2, 0.25) is 0 Å². The van der Waals surface area contributed by atoms with E-state index >= 15 is 0 Å². The average Bonchev–Trinajstić information content (AvgIpc) is 2.41. The predicted molar refractivity (Wildman–Crippen MR) is 89.1 cm³/mol. The van der Waals surface area contributed by atoms with Gasteiger partial charge < -0.3 is 27.7 Å². The Labute approximate surface area is 130 Å². The summed E-state index contributed by atoms with van der Waals surface area (Å²) < 4.78 is 5.11. The lowest BCUT2D eigenvalue weighted by Gasteiger charge is -2.31. The second kappa shape index (κ2) is 6.29. The molecule has 0 spiro atoms. The molecule has 1 aromatic carbocycles. The molecule has 12 N–H and O–H groups in total. The number of ether oxygens (including phenoxy) is 1. The van der Waals surface area contributed by atoms with Crippen molar-refractivity contribution in [1.29, 1.82) is 0 Å². The third kappa shape index (κ3) is 3.34. The van der Waals surface area contributed by atoms with Gasteiger partial charge in [0.25, 0.3) is 0 Å². The monoisotopic (exact) mass is 310 g/mol. The molecule has 0 aliphatic heterocycles. The molecule has 0 radical (unpaired) electrons. The topological polar surface area (TPSA) is 182 Å². The first-order valence-corrected chi connectivity index (χ1v) is 7.07. The van der Waals surface area contributed by atoms with Crippen LogP contribution in [0.25, 0.3) is 0 Å². The number of benzene rings is 1. The highest BCUT2D eigenvalue weighted by Crippen LogP contribution is 2.41. The Morgan fingerprint density at radius 1 is 1.05 bits per heavy atom. The normalized spacial score (nSPS) is 11.7. The highest BCUT2D eigenvalue weighted by molar-refractivity contribution is 5.91. The van der Waals surface area contributed by atoms with Gasteiger partial charge in [0.1, 0.15) is 0 Å². The van der Waals surface area contributed by atoms with Crippen LogP contribution < -0.4 is 34.4 Å². The van der Waals surface area contributed by atoms with Gasteiger partial charge in [-0.15, -0.1) is 0 Å². The van der Waals surface area contributed by atoms with Crippen molar-refractivity contribution >= 4 is 28.7 Å². The van der Waals surface area contributed by atoms with Gasteiger partial charge in [-0.05, 0) is 17.9 Å². The van der Waals surface area contributed by atoms with E-state index in [0.717, 1.165) is 0 Å². The van der Waals surface area contributed by atoms with E-state index in [1.807, 2.05) is 13.8 Å². The van der Waals surface area contributed by atoms with Crippen LogP contribution in [-0.4, -0.2) is 5.97 Å². The zero-order valence-corrected chi connectivity index (χ0v) is 13.3. The maximum atomic E-state index is 11.6. The first kappa shape index (κ1) is 17.9. The summed E-state index contributed by atoms with van der Waals surface area (Å²) in [6.07, 6.45) is 0.630. The molecule has 1 aromatic rings. The molecule has 0 aliphatic rings. The van der Waals surface area contributed by atoms with Crippen LogP contribution in [0.15, 0.2) is 0 Å². The summed E-state index contributed by atoms with van der Waals surface area (Å²) in [5.74, 6) is -2.27. The summed E-state index contributed by atoms with van der Waals surface area (Å²) in [4.78, 5) is 11.6. The number of carbonyl (C=O) groups excluding carboxylic acids is 1. The summed E-state index contributed by atoms with van der Waals surface area (Å²) in [7, 11) is 0. The molecule has 0 saturated heterocycles. The van der Waals surface area contributed by atoms with Crippen molar-refractivity contribution in [3.63, 3.8) is 0 Å². The maximum Gasteiger partial charge on any atom is 0.308 e. The Bertz CT molecular complexity index is 583. The standard InChI is InChI=1S/C14H26N6O2/c1-4-8(21)22-14(19,20)9-7(5-6(2)3)10(15)12(17)13(18)11(9)16/h6H,4-5,15-20H2,1-3H3. The third-order valence-corrected chi connectivity index (χ3v) is 3.34. The van der Waals surface area contributed by atoms with E-state index in [-0.39, 0.29) is 40.7 Å².